The van der Waals surface area contributed by atoms with Crippen LogP contribution in [0.2, 0.25) is 0 Å². The van der Waals surface area contributed by atoms with Crippen LogP contribution in [0.1, 0.15) is 51.0 Å². The summed E-state index contributed by atoms with van der Waals surface area (Å²) in [5, 5.41) is 2.91. The Balaban J connectivity index is 1.55. The van der Waals surface area contributed by atoms with Crippen molar-refractivity contribution in [2.45, 2.75) is 69.4 Å². The van der Waals surface area contributed by atoms with Gasteiger partial charge in [0.25, 0.3) is 5.91 Å². The summed E-state index contributed by atoms with van der Waals surface area (Å²) in [5.41, 5.74) is 0.958. The summed E-state index contributed by atoms with van der Waals surface area (Å²) >= 11 is 0. The lowest BCUT2D eigenvalue weighted by molar-refractivity contribution is -0.151. The number of nitrogens with one attached hydrogen (secondary N) is 1. The van der Waals surface area contributed by atoms with Gasteiger partial charge in [-0.2, -0.15) is 4.31 Å². The molecule has 3 rings (SSSR count). The number of aryl methyl sites for hydroxylation is 1. The van der Waals surface area contributed by atoms with E-state index in [9.17, 15) is 18.0 Å². The van der Waals surface area contributed by atoms with E-state index < -0.39 is 22.0 Å². The monoisotopic (exact) mass is 422 g/mol. The Morgan fingerprint density at radius 3 is 2.41 bits per heavy atom. The third-order valence-corrected chi connectivity index (χ3v) is 7.75. The highest BCUT2D eigenvalue weighted by Gasteiger charge is 2.40. The minimum absolute atomic E-state index is 0.127. The summed E-state index contributed by atoms with van der Waals surface area (Å²) < 4.78 is 32.2. The maximum Gasteiger partial charge on any atom is 0.324 e. The van der Waals surface area contributed by atoms with Crippen LogP contribution in [0.3, 0.4) is 0 Å². The van der Waals surface area contributed by atoms with Crippen molar-refractivity contribution in [3.63, 3.8) is 0 Å². The molecular formula is C21H30N2O5S. The molecule has 0 aromatic heterocycles. The largest absolute Gasteiger partial charge is 0.454 e. The van der Waals surface area contributed by atoms with Gasteiger partial charge in [-0.15, -0.1) is 0 Å². The second kappa shape index (κ2) is 9.26. The lowest BCUT2D eigenvalue weighted by Crippen LogP contribution is -2.43. The Morgan fingerprint density at radius 1 is 1.10 bits per heavy atom. The van der Waals surface area contributed by atoms with Gasteiger partial charge in [-0.1, -0.05) is 24.6 Å². The molecule has 1 aromatic rings. The number of carbonyl (C=O) groups excluding carboxylic acids is 2. The number of hydrogen-bond acceptors (Lipinski definition) is 5. The molecule has 1 aliphatic heterocycles. The molecule has 1 saturated carbocycles. The van der Waals surface area contributed by atoms with E-state index in [2.05, 4.69) is 12.2 Å². The molecule has 1 amide bonds. The molecule has 1 aliphatic carbocycles. The van der Waals surface area contributed by atoms with Crippen molar-refractivity contribution in [2.75, 3.05) is 13.2 Å². The number of ether oxygens (including phenoxy) is 1. The van der Waals surface area contributed by atoms with Gasteiger partial charge in [0.2, 0.25) is 10.0 Å². The fraction of sp³-hybridized carbons (Fsp3) is 0.619. The number of rotatable bonds is 6. The first kappa shape index (κ1) is 21.8. The topological polar surface area (TPSA) is 92.8 Å². The molecule has 0 radical (unpaired) electrons. The fourth-order valence-corrected chi connectivity index (χ4v) is 5.66. The highest BCUT2D eigenvalue weighted by atomic mass is 32.2. The van der Waals surface area contributed by atoms with Crippen molar-refractivity contribution < 1.29 is 22.7 Å². The SMILES string of the molecule is Cc1ccc(S(=O)(=O)N2CCC[C@H]2C(=O)OCC(=O)NC2CCC(C)CC2)cc1. The quantitative estimate of drug-likeness (QED) is 0.711. The summed E-state index contributed by atoms with van der Waals surface area (Å²) in [6.45, 7) is 3.98. The van der Waals surface area contributed by atoms with Crippen LogP contribution in [-0.4, -0.2) is 49.8 Å². The number of benzene rings is 1. The first-order valence-electron chi connectivity index (χ1n) is 10.3. The molecule has 0 bridgehead atoms. The van der Waals surface area contributed by atoms with E-state index in [0.29, 0.717) is 18.8 Å². The predicted octanol–water partition coefficient (Wildman–Crippen LogP) is 2.39. The van der Waals surface area contributed by atoms with E-state index in [1.807, 2.05) is 6.92 Å². The van der Waals surface area contributed by atoms with Crippen molar-refractivity contribution in [1.82, 2.24) is 9.62 Å². The van der Waals surface area contributed by atoms with Crippen molar-refractivity contribution in [1.29, 1.82) is 0 Å². The molecule has 2 fully saturated rings. The second-order valence-electron chi connectivity index (χ2n) is 8.22. The molecule has 2 aliphatic rings. The average Bonchev–Trinajstić information content (AvgIpc) is 3.19. The van der Waals surface area contributed by atoms with E-state index >= 15 is 0 Å². The minimum atomic E-state index is -3.78. The van der Waals surface area contributed by atoms with E-state index in [-0.39, 0.29) is 30.0 Å². The average molecular weight is 423 g/mol. The Bertz CT molecular complexity index is 829. The van der Waals surface area contributed by atoms with Crippen LogP contribution in [0.25, 0.3) is 0 Å². The van der Waals surface area contributed by atoms with Gasteiger partial charge < -0.3 is 10.1 Å². The lowest BCUT2D eigenvalue weighted by Gasteiger charge is -2.27. The van der Waals surface area contributed by atoms with Crippen LogP contribution >= 0.6 is 0 Å². The molecule has 0 spiro atoms. The van der Waals surface area contributed by atoms with Crippen molar-refractivity contribution in [2.24, 2.45) is 5.92 Å². The number of carbonyl (C=O) groups is 2. The molecule has 0 unspecified atom stereocenters. The van der Waals surface area contributed by atoms with E-state index in [1.165, 1.54) is 4.31 Å². The van der Waals surface area contributed by atoms with Crippen LogP contribution in [0.4, 0.5) is 0 Å². The molecule has 1 saturated heterocycles. The van der Waals surface area contributed by atoms with Gasteiger partial charge in [0, 0.05) is 12.6 Å². The molecule has 29 heavy (non-hydrogen) atoms. The van der Waals surface area contributed by atoms with Gasteiger partial charge in [-0.05, 0) is 63.5 Å². The van der Waals surface area contributed by atoms with Gasteiger partial charge in [-0.3, -0.25) is 9.59 Å². The Kier molecular flexibility index (Phi) is 6.95. The Hall–Kier alpha value is -1.93. The van der Waals surface area contributed by atoms with Crippen LogP contribution in [0, 0.1) is 12.8 Å². The lowest BCUT2D eigenvalue weighted by atomic mass is 9.87. The Labute approximate surface area is 172 Å². The van der Waals surface area contributed by atoms with Crippen LogP contribution in [0.15, 0.2) is 29.2 Å². The fourth-order valence-electron chi connectivity index (χ4n) is 4.02. The molecule has 8 heteroatoms. The second-order valence-corrected chi connectivity index (χ2v) is 10.1. The molecule has 7 nitrogen and oxygen atoms in total. The highest BCUT2D eigenvalue weighted by Crippen LogP contribution is 2.27. The predicted molar refractivity (Wildman–Crippen MR) is 109 cm³/mol. The van der Waals surface area contributed by atoms with Crippen molar-refractivity contribution in [3.8, 4) is 0 Å². The van der Waals surface area contributed by atoms with E-state index in [0.717, 1.165) is 31.2 Å². The van der Waals surface area contributed by atoms with E-state index in [4.69, 9.17) is 4.74 Å². The standard InChI is InChI=1S/C21H30N2O5S/c1-15-5-9-17(10-6-15)22-20(24)14-28-21(25)19-4-3-13-23(19)29(26,27)18-11-7-16(2)8-12-18/h7-8,11-12,15,17,19H,3-6,9-10,13-14H2,1-2H3,(H,22,24)/t15?,17?,19-/m0/s1. The maximum atomic E-state index is 12.9. The summed E-state index contributed by atoms with van der Waals surface area (Å²) in [4.78, 5) is 24.8. The molecule has 1 atom stereocenters. The van der Waals surface area contributed by atoms with Crippen molar-refractivity contribution >= 4 is 21.9 Å². The van der Waals surface area contributed by atoms with Crippen LogP contribution in [0.5, 0.6) is 0 Å². The van der Waals surface area contributed by atoms with Crippen LogP contribution in [-0.2, 0) is 24.3 Å². The number of amides is 1. The zero-order valence-corrected chi connectivity index (χ0v) is 17.9. The first-order chi connectivity index (χ1) is 13.8. The summed E-state index contributed by atoms with van der Waals surface area (Å²) in [6, 6.07) is 5.79. The van der Waals surface area contributed by atoms with Gasteiger partial charge in [0.05, 0.1) is 4.90 Å². The normalized spacial score (nSPS) is 25.5. The van der Waals surface area contributed by atoms with Gasteiger partial charge >= 0.3 is 5.97 Å². The van der Waals surface area contributed by atoms with E-state index in [1.54, 1.807) is 24.3 Å². The smallest absolute Gasteiger partial charge is 0.324 e. The summed E-state index contributed by atoms with van der Waals surface area (Å²) in [6.07, 6.45) is 5.01. The van der Waals surface area contributed by atoms with Crippen molar-refractivity contribution in [3.05, 3.63) is 29.8 Å². The third-order valence-electron chi connectivity index (χ3n) is 5.83. The minimum Gasteiger partial charge on any atom is -0.454 e. The Morgan fingerprint density at radius 2 is 1.76 bits per heavy atom. The number of sulfonamides is 1. The third kappa shape index (κ3) is 5.36. The summed E-state index contributed by atoms with van der Waals surface area (Å²) in [5.74, 6) is -0.306. The maximum absolute atomic E-state index is 12.9. The van der Waals surface area contributed by atoms with Crippen LogP contribution < -0.4 is 5.32 Å². The van der Waals surface area contributed by atoms with Gasteiger partial charge in [0.15, 0.2) is 6.61 Å². The highest BCUT2D eigenvalue weighted by molar-refractivity contribution is 7.89. The molecule has 1 aromatic carbocycles. The number of nitrogens with zero attached hydrogens (tertiary/aromatic N) is 1. The molecular weight excluding hydrogens is 392 g/mol. The summed E-state index contributed by atoms with van der Waals surface area (Å²) in [7, 11) is -3.78. The first-order valence-corrected chi connectivity index (χ1v) is 11.8. The molecule has 160 valence electrons. The zero-order valence-electron chi connectivity index (χ0n) is 17.1. The van der Waals surface area contributed by atoms with Gasteiger partial charge in [0.1, 0.15) is 6.04 Å². The molecule has 1 heterocycles. The molecule has 1 N–H and O–H groups in total. The van der Waals surface area contributed by atoms with Gasteiger partial charge in [-0.25, -0.2) is 8.42 Å². The zero-order chi connectivity index (χ0) is 21.0. The number of esters is 1. The number of hydrogen-bond donors (Lipinski definition) is 1.